The fourth-order valence-corrected chi connectivity index (χ4v) is 2.26. The topological polar surface area (TPSA) is 122 Å². The number of hydrogen-bond donors (Lipinski definition) is 2. The lowest BCUT2D eigenvalue weighted by atomic mass is 10.2. The summed E-state index contributed by atoms with van der Waals surface area (Å²) in [5, 5.41) is 10.5. The third-order valence-corrected chi connectivity index (χ3v) is 3.22. The molecule has 0 aromatic carbocycles. The number of primary amides is 1. The molecule has 3 N–H and O–H groups in total. The van der Waals surface area contributed by atoms with Crippen LogP contribution in [0.3, 0.4) is 0 Å². The van der Waals surface area contributed by atoms with Crippen LogP contribution in [0.1, 0.15) is 23.3 Å². The molecule has 2 heterocycles. The van der Waals surface area contributed by atoms with E-state index in [1.807, 2.05) is 0 Å². The third-order valence-electron chi connectivity index (χ3n) is 3.22. The zero-order valence-corrected chi connectivity index (χ0v) is 10.2. The van der Waals surface area contributed by atoms with E-state index in [2.05, 4.69) is 4.98 Å². The molecule has 1 aliphatic rings. The number of Topliss-reactive ketones (excluding diaryl/α,β-unsaturated/α-hetero) is 1. The van der Waals surface area contributed by atoms with E-state index in [1.165, 1.54) is 12.3 Å². The van der Waals surface area contributed by atoms with Crippen molar-refractivity contribution in [1.82, 2.24) is 9.88 Å². The third kappa shape index (κ3) is 2.79. The predicted octanol–water partition coefficient (Wildman–Crippen LogP) is 0.0553. The van der Waals surface area contributed by atoms with Crippen molar-refractivity contribution in [1.29, 1.82) is 0 Å². The standard InChI is InChI=1S/C11H14N4O4/c12-11(17)9-2-1-3-14(9)6-10(16)8-4-7(5-13-8)15(18)19/h4-5,9,13H,1-3,6H2,(H2,12,17). The number of nitrogens with two attached hydrogens (primary N) is 1. The van der Waals surface area contributed by atoms with Crippen molar-refractivity contribution in [2.45, 2.75) is 18.9 Å². The van der Waals surface area contributed by atoms with Crippen LogP contribution in [0, 0.1) is 10.1 Å². The maximum Gasteiger partial charge on any atom is 0.287 e. The van der Waals surface area contributed by atoms with Crippen molar-refractivity contribution in [2.75, 3.05) is 13.1 Å². The summed E-state index contributed by atoms with van der Waals surface area (Å²) in [4.78, 5) is 37.4. The Bertz CT molecular complexity index is 525. The Hall–Kier alpha value is -2.22. The van der Waals surface area contributed by atoms with Crippen molar-refractivity contribution in [3.63, 3.8) is 0 Å². The molecule has 0 aliphatic carbocycles. The number of nitro groups is 1. The number of rotatable bonds is 5. The number of aromatic amines is 1. The highest BCUT2D eigenvalue weighted by atomic mass is 16.6. The van der Waals surface area contributed by atoms with Gasteiger partial charge in [0.25, 0.3) is 5.69 Å². The molecule has 8 nitrogen and oxygen atoms in total. The molecule has 1 aliphatic heterocycles. The van der Waals surface area contributed by atoms with Gasteiger partial charge in [-0.1, -0.05) is 0 Å². The number of carbonyl (C=O) groups excluding carboxylic acids is 2. The van der Waals surface area contributed by atoms with Crippen LogP contribution in [0.4, 0.5) is 5.69 Å². The molecule has 1 fully saturated rings. The highest BCUT2D eigenvalue weighted by molar-refractivity contribution is 5.97. The molecule has 1 unspecified atom stereocenters. The van der Waals surface area contributed by atoms with Gasteiger partial charge in [0.1, 0.15) is 0 Å². The van der Waals surface area contributed by atoms with Crippen LogP contribution < -0.4 is 5.73 Å². The van der Waals surface area contributed by atoms with E-state index in [1.54, 1.807) is 4.90 Å². The van der Waals surface area contributed by atoms with Crippen LogP contribution in [0.25, 0.3) is 0 Å². The molecule has 1 aromatic rings. The van der Waals surface area contributed by atoms with E-state index < -0.39 is 16.9 Å². The maximum atomic E-state index is 12.0. The molecule has 0 saturated carbocycles. The lowest BCUT2D eigenvalue weighted by molar-refractivity contribution is -0.384. The fourth-order valence-electron chi connectivity index (χ4n) is 2.26. The molecule has 0 bridgehead atoms. The van der Waals surface area contributed by atoms with Gasteiger partial charge in [-0.2, -0.15) is 0 Å². The van der Waals surface area contributed by atoms with Crippen molar-refractivity contribution >= 4 is 17.4 Å². The van der Waals surface area contributed by atoms with E-state index in [0.29, 0.717) is 13.0 Å². The summed E-state index contributed by atoms with van der Waals surface area (Å²) < 4.78 is 0. The summed E-state index contributed by atoms with van der Waals surface area (Å²) >= 11 is 0. The zero-order valence-electron chi connectivity index (χ0n) is 10.2. The maximum absolute atomic E-state index is 12.0. The summed E-state index contributed by atoms with van der Waals surface area (Å²) in [5.41, 5.74) is 5.27. The van der Waals surface area contributed by atoms with Crippen molar-refractivity contribution in [2.24, 2.45) is 5.73 Å². The van der Waals surface area contributed by atoms with Gasteiger partial charge in [-0.3, -0.25) is 24.6 Å². The number of ketones is 1. The van der Waals surface area contributed by atoms with Crippen LogP contribution >= 0.6 is 0 Å². The van der Waals surface area contributed by atoms with E-state index in [4.69, 9.17) is 5.73 Å². The molecule has 19 heavy (non-hydrogen) atoms. The smallest absolute Gasteiger partial charge is 0.287 e. The SMILES string of the molecule is NC(=O)C1CCCN1CC(=O)c1cc([N+](=O)[O-])c[nH]1. The number of nitrogens with one attached hydrogen (secondary N) is 1. The normalized spacial score (nSPS) is 19.5. The number of hydrogen-bond acceptors (Lipinski definition) is 5. The van der Waals surface area contributed by atoms with Crippen LogP contribution in [-0.2, 0) is 4.79 Å². The van der Waals surface area contributed by atoms with Gasteiger partial charge in [0.05, 0.1) is 29.4 Å². The number of nitrogens with zero attached hydrogens (tertiary/aromatic N) is 2. The van der Waals surface area contributed by atoms with Gasteiger partial charge in [0, 0.05) is 6.07 Å². The molecular formula is C11H14N4O4. The summed E-state index contributed by atoms with van der Waals surface area (Å²) in [7, 11) is 0. The van der Waals surface area contributed by atoms with Gasteiger partial charge in [-0.05, 0) is 19.4 Å². The highest BCUT2D eigenvalue weighted by Gasteiger charge is 2.30. The Morgan fingerprint density at radius 3 is 2.89 bits per heavy atom. The molecule has 1 aromatic heterocycles. The monoisotopic (exact) mass is 266 g/mol. The minimum Gasteiger partial charge on any atom is -0.368 e. The van der Waals surface area contributed by atoms with Gasteiger partial charge >= 0.3 is 0 Å². The first kappa shape index (κ1) is 13.2. The molecule has 0 radical (unpaired) electrons. The number of aromatic nitrogens is 1. The summed E-state index contributed by atoms with van der Waals surface area (Å²) in [5.74, 6) is -0.732. The molecule has 1 atom stereocenters. The first-order valence-electron chi connectivity index (χ1n) is 5.88. The first-order chi connectivity index (χ1) is 8.99. The van der Waals surface area contributed by atoms with Gasteiger partial charge in [0.2, 0.25) is 5.91 Å². The number of amides is 1. The van der Waals surface area contributed by atoms with Gasteiger partial charge in [-0.15, -0.1) is 0 Å². The molecule has 2 rings (SSSR count). The van der Waals surface area contributed by atoms with Gasteiger partial charge in [-0.25, -0.2) is 0 Å². The molecule has 8 heteroatoms. The van der Waals surface area contributed by atoms with E-state index in [-0.39, 0.29) is 23.7 Å². The first-order valence-corrected chi connectivity index (χ1v) is 5.88. The van der Waals surface area contributed by atoms with Crippen molar-refractivity contribution in [3.8, 4) is 0 Å². The minimum absolute atomic E-state index is 0.0330. The van der Waals surface area contributed by atoms with E-state index >= 15 is 0 Å². The second-order valence-electron chi connectivity index (χ2n) is 4.48. The molecule has 1 amide bonds. The lowest BCUT2D eigenvalue weighted by Crippen LogP contribution is -2.42. The second kappa shape index (κ2) is 5.19. The largest absolute Gasteiger partial charge is 0.368 e. The molecule has 0 spiro atoms. The Balaban J connectivity index is 2.04. The van der Waals surface area contributed by atoms with Crippen molar-refractivity contribution < 1.29 is 14.5 Å². The average molecular weight is 266 g/mol. The molecular weight excluding hydrogens is 252 g/mol. The van der Waals surface area contributed by atoms with Crippen LogP contribution in [0.2, 0.25) is 0 Å². The quantitative estimate of drug-likeness (QED) is 0.443. The van der Waals surface area contributed by atoms with Gasteiger partial charge in [0.15, 0.2) is 5.78 Å². The molecule has 1 saturated heterocycles. The van der Waals surface area contributed by atoms with Crippen molar-refractivity contribution in [3.05, 3.63) is 28.1 Å². The number of H-pyrrole nitrogens is 1. The van der Waals surface area contributed by atoms with Crippen LogP contribution in [0.15, 0.2) is 12.3 Å². The molecule has 102 valence electrons. The highest BCUT2D eigenvalue weighted by Crippen LogP contribution is 2.18. The van der Waals surface area contributed by atoms with E-state index in [0.717, 1.165) is 6.42 Å². The summed E-state index contributed by atoms with van der Waals surface area (Å²) in [6.45, 7) is 0.660. The number of carbonyl (C=O) groups is 2. The Kier molecular flexibility index (Phi) is 3.61. The average Bonchev–Trinajstić information content (AvgIpc) is 2.96. The van der Waals surface area contributed by atoms with Crippen LogP contribution in [-0.4, -0.2) is 45.6 Å². The Morgan fingerprint density at radius 2 is 2.32 bits per heavy atom. The number of likely N-dealkylation sites (tertiary alicyclic amines) is 1. The lowest BCUT2D eigenvalue weighted by Gasteiger charge is -2.20. The minimum atomic E-state index is -0.574. The van der Waals surface area contributed by atoms with E-state index in [9.17, 15) is 19.7 Å². The Morgan fingerprint density at radius 1 is 1.58 bits per heavy atom. The predicted molar refractivity (Wildman–Crippen MR) is 65.6 cm³/mol. The summed E-state index contributed by atoms with van der Waals surface area (Å²) in [6, 6.07) is 0.770. The second-order valence-corrected chi connectivity index (χ2v) is 4.48. The van der Waals surface area contributed by atoms with Crippen LogP contribution in [0.5, 0.6) is 0 Å². The fraction of sp³-hybridized carbons (Fsp3) is 0.455. The zero-order chi connectivity index (χ0) is 14.0. The summed E-state index contributed by atoms with van der Waals surface area (Å²) in [6.07, 6.45) is 2.63. The van der Waals surface area contributed by atoms with Gasteiger partial charge < -0.3 is 10.7 Å². The Labute approximate surface area is 108 Å².